The van der Waals surface area contributed by atoms with Crippen LogP contribution in [-0.2, 0) is 4.74 Å². The van der Waals surface area contributed by atoms with Crippen molar-refractivity contribution in [2.75, 3.05) is 19.6 Å². The fourth-order valence-electron chi connectivity index (χ4n) is 2.90. The predicted molar refractivity (Wildman–Crippen MR) is 61.8 cm³/mol. The molecule has 2 aliphatic rings. The van der Waals surface area contributed by atoms with Crippen molar-refractivity contribution >= 4 is 0 Å². The largest absolute Gasteiger partial charge is 0.374 e. The fourth-order valence-corrected chi connectivity index (χ4v) is 2.90. The van der Waals surface area contributed by atoms with Gasteiger partial charge >= 0.3 is 0 Å². The molecular formula is C12H24N2O. The number of hydrogen-bond acceptors (Lipinski definition) is 3. The van der Waals surface area contributed by atoms with Crippen LogP contribution < -0.4 is 5.73 Å². The second kappa shape index (κ2) is 5.28. The summed E-state index contributed by atoms with van der Waals surface area (Å²) < 4.78 is 5.95. The summed E-state index contributed by atoms with van der Waals surface area (Å²) >= 11 is 0. The summed E-state index contributed by atoms with van der Waals surface area (Å²) in [6, 6.07) is 0.468. The Bertz CT molecular complexity index is 187. The maximum atomic E-state index is 5.95. The van der Waals surface area contributed by atoms with Crippen LogP contribution in [0, 0.1) is 0 Å². The second-order valence-electron chi connectivity index (χ2n) is 4.96. The first-order chi connectivity index (χ1) is 7.31. The van der Waals surface area contributed by atoms with E-state index in [4.69, 9.17) is 10.5 Å². The molecule has 0 amide bonds. The smallest absolute Gasteiger partial charge is 0.0747 e. The molecule has 0 aliphatic carbocycles. The molecule has 3 heteroatoms. The fraction of sp³-hybridized carbons (Fsp3) is 1.00. The molecule has 0 aromatic rings. The molecule has 2 saturated heterocycles. The molecule has 2 heterocycles. The predicted octanol–water partition coefficient (Wildman–Crippen LogP) is 1.37. The van der Waals surface area contributed by atoms with Crippen LogP contribution in [0.5, 0.6) is 0 Å². The summed E-state index contributed by atoms with van der Waals surface area (Å²) in [5.41, 5.74) is 5.91. The standard InChI is InChI=1S/C12H24N2O/c1-10-5-6-12(15-10)11(9-13)14-7-3-2-4-8-14/h10-12H,2-9,13H2,1H3. The molecule has 0 saturated carbocycles. The van der Waals surface area contributed by atoms with Crippen molar-refractivity contribution < 1.29 is 4.74 Å². The normalized spacial score (nSPS) is 35.6. The Morgan fingerprint density at radius 1 is 1.27 bits per heavy atom. The minimum Gasteiger partial charge on any atom is -0.374 e. The topological polar surface area (TPSA) is 38.5 Å². The zero-order valence-electron chi connectivity index (χ0n) is 9.82. The summed E-state index contributed by atoms with van der Waals surface area (Å²) in [5.74, 6) is 0. The Balaban J connectivity index is 1.90. The number of nitrogens with two attached hydrogens (primary N) is 1. The van der Waals surface area contributed by atoms with Gasteiger partial charge in [-0.05, 0) is 45.7 Å². The van der Waals surface area contributed by atoms with Gasteiger partial charge in [0.05, 0.1) is 12.2 Å². The van der Waals surface area contributed by atoms with E-state index in [9.17, 15) is 0 Å². The Kier molecular flexibility index (Phi) is 4.00. The highest BCUT2D eigenvalue weighted by atomic mass is 16.5. The molecule has 0 aromatic heterocycles. The van der Waals surface area contributed by atoms with Crippen LogP contribution in [0.15, 0.2) is 0 Å². The number of ether oxygens (including phenoxy) is 1. The first kappa shape index (κ1) is 11.4. The Morgan fingerprint density at radius 3 is 2.53 bits per heavy atom. The van der Waals surface area contributed by atoms with Gasteiger partial charge in [0.15, 0.2) is 0 Å². The van der Waals surface area contributed by atoms with Crippen molar-refractivity contribution in [3.63, 3.8) is 0 Å². The van der Waals surface area contributed by atoms with Crippen molar-refractivity contribution in [3.8, 4) is 0 Å². The van der Waals surface area contributed by atoms with Crippen LogP contribution in [0.3, 0.4) is 0 Å². The average molecular weight is 212 g/mol. The van der Waals surface area contributed by atoms with Gasteiger partial charge in [-0.2, -0.15) is 0 Å². The summed E-state index contributed by atoms with van der Waals surface area (Å²) in [7, 11) is 0. The molecular weight excluding hydrogens is 188 g/mol. The van der Waals surface area contributed by atoms with Gasteiger partial charge in [0.2, 0.25) is 0 Å². The Hall–Kier alpha value is -0.120. The zero-order chi connectivity index (χ0) is 10.7. The quantitative estimate of drug-likeness (QED) is 0.768. The highest BCUT2D eigenvalue weighted by Crippen LogP contribution is 2.25. The number of nitrogens with zero attached hydrogens (tertiary/aromatic N) is 1. The van der Waals surface area contributed by atoms with E-state index in [-0.39, 0.29) is 0 Å². The molecule has 2 rings (SSSR count). The SMILES string of the molecule is CC1CCC(C(CN)N2CCCCC2)O1. The molecule has 0 bridgehead atoms. The molecule has 2 N–H and O–H groups in total. The minimum absolute atomic E-state index is 0.392. The van der Waals surface area contributed by atoms with Crippen LogP contribution in [0.2, 0.25) is 0 Å². The molecule has 2 fully saturated rings. The Labute approximate surface area is 93.0 Å². The lowest BCUT2D eigenvalue weighted by atomic mass is 10.0. The average Bonchev–Trinajstić information content (AvgIpc) is 2.68. The third-order valence-corrected chi connectivity index (χ3v) is 3.80. The van der Waals surface area contributed by atoms with E-state index in [0.717, 1.165) is 6.54 Å². The Morgan fingerprint density at radius 2 is 2.00 bits per heavy atom. The molecule has 3 nitrogen and oxygen atoms in total. The second-order valence-corrected chi connectivity index (χ2v) is 4.96. The number of hydrogen-bond donors (Lipinski definition) is 1. The lowest BCUT2D eigenvalue weighted by Crippen LogP contribution is -2.50. The molecule has 15 heavy (non-hydrogen) atoms. The van der Waals surface area contributed by atoms with Gasteiger partial charge < -0.3 is 10.5 Å². The molecule has 0 radical (unpaired) electrons. The number of rotatable bonds is 3. The monoisotopic (exact) mass is 212 g/mol. The van der Waals surface area contributed by atoms with Crippen molar-refractivity contribution in [2.24, 2.45) is 5.73 Å². The minimum atomic E-state index is 0.392. The summed E-state index contributed by atoms with van der Waals surface area (Å²) in [4.78, 5) is 2.55. The van der Waals surface area contributed by atoms with E-state index < -0.39 is 0 Å². The van der Waals surface area contributed by atoms with Gasteiger partial charge in [0.25, 0.3) is 0 Å². The number of piperidine rings is 1. The molecule has 3 atom stereocenters. The molecule has 0 spiro atoms. The zero-order valence-corrected chi connectivity index (χ0v) is 9.82. The van der Waals surface area contributed by atoms with Crippen LogP contribution in [0.4, 0.5) is 0 Å². The van der Waals surface area contributed by atoms with Gasteiger partial charge in [0, 0.05) is 12.6 Å². The summed E-state index contributed by atoms with van der Waals surface area (Å²) in [6.45, 7) is 5.35. The van der Waals surface area contributed by atoms with Crippen molar-refractivity contribution in [1.82, 2.24) is 4.90 Å². The molecule has 2 aliphatic heterocycles. The van der Waals surface area contributed by atoms with E-state index >= 15 is 0 Å². The van der Waals surface area contributed by atoms with Crippen LogP contribution in [-0.4, -0.2) is 42.8 Å². The molecule has 3 unspecified atom stereocenters. The highest BCUT2D eigenvalue weighted by Gasteiger charge is 2.32. The molecule has 88 valence electrons. The van der Waals surface area contributed by atoms with E-state index in [2.05, 4.69) is 11.8 Å². The van der Waals surface area contributed by atoms with Crippen LogP contribution in [0.25, 0.3) is 0 Å². The van der Waals surface area contributed by atoms with Crippen LogP contribution >= 0.6 is 0 Å². The first-order valence-corrected chi connectivity index (χ1v) is 6.41. The van der Waals surface area contributed by atoms with Gasteiger partial charge in [-0.15, -0.1) is 0 Å². The van der Waals surface area contributed by atoms with Gasteiger partial charge in [-0.3, -0.25) is 4.90 Å². The molecule has 0 aromatic carbocycles. The van der Waals surface area contributed by atoms with E-state index in [1.54, 1.807) is 0 Å². The number of likely N-dealkylation sites (tertiary alicyclic amines) is 1. The highest BCUT2D eigenvalue weighted by molar-refractivity contribution is 4.86. The van der Waals surface area contributed by atoms with Gasteiger partial charge in [-0.25, -0.2) is 0 Å². The van der Waals surface area contributed by atoms with E-state index in [1.807, 2.05) is 0 Å². The van der Waals surface area contributed by atoms with Crippen LogP contribution in [0.1, 0.15) is 39.0 Å². The van der Waals surface area contributed by atoms with Crippen molar-refractivity contribution in [1.29, 1.82) is 0 Å². The van der Waals surface area contributed by atoms with E-state index in [0.29, 0.717) is 18.2 Å². The van der Waals surface area contributed by atoms with Gasteiger partial charge in [-0.1, -0.05) is 6.42 Å². The van der Waals surface area contributed by atoms with E-state index in [1.165, 1.54) is 45.2 Å². The summed E-state index contributed by atoms with van der Waals surface area (Å²) in [6.07, 6.45) is 7.28. The maximum absolute atomic E-state index is 5.95. The third-order valence-electron chi connectivity index (χ3n) is 3.80. The maximum Gasteiger partial charge on any atom is 0.0747 e. The summed E-state index contributed by atoms with van der Waals surface area (Å²) in [5, 5.41) is 0. The first-order valence-electron chi connectivity index (χ1n) is 6.41. The third kappa shape index (κ3) is 2.71. The van der Waals surface area contributed by atoms with Gasteiger partial charge in [0.1, 0.15) is 0 Å². The lowest BCUT2D eigenvalue weighted by Gasteiger charge is -2.37. The van der Waals surface area contributed by atoms with Crippen molar-refractivity contribution in [3.05, 3.63) is 0 Å². The lowest BCUT2D eigenvalue weighted by molar-refractivity contribution is -0.00932. The van der Waals surface area contributed by atoms with Crippen molar-refractivity contribution in [2.45, 2.75) is 57.3 Å².